The zero-order chi connectivity index (χ0) is 14.6. The van der Waals surface area contributed by atoms with Crippen molar-refractivity contribution in [2.24, 2.45) is 5.73 Å². The van der Waals surface area contributed by atoms with Gasteiger partial charge >= 0.3 is 6.09 Å². The second-order valence-electron chi connectivity index (χ2n) is 4.70. The highest BCUT2D eigenvalue weighted by Gasteiger charge is 2.20. The largest absolute Gasteiger partial charge is 0.446 e. The van der Waals surface area contributed by atoms with E-state index in [1.807, 2.05) is 0 Å². The minimum absolute atomic E-state index is 0.0288. The molecule has 1 fully saturated rings. The van der Waals surface area contributed by atoms with Crippen LogP contribution in [0.1, 0.15) is 12.8 Å². The smallest absolute Gasteiger partial charge is 0.404 e. The molecule has 1 aliphatic rings. The lowest BCUT2D eigenvalue weighted by Crippen LogP contribution is -2.40. The number of piperidine rings is 1. The summed E-state index contributed by atoms with van der Waals surface area (Å²) in [7, 11) is 1.65. The summed E-state index contributed by atoms with van der Waals surface area (Å²) in [4.78, 5) is 12.9. The van der Waals surface area contributed by atoms with Gasteiger partial charge in [0.1, 0.15) is 6.10 Å². The molecule has 0 aromatic carbocycles. The van der Waals surface area contributed by atoms with Crippen molar-refractivity contribution in [3.8, 4) is 0 Å². The van der Waals surface area contributed by atoms with Gasteiger partial charge in [-0.05, 0) is 12.8 Å². The molecule has 1 rings (SSSR count). The summed E-state index contributed by atoms with van der Waals surface area (Å²) in [5.74, 6) is 0. The van der Waals surface area contributed by atoms with Crippen LogP contribution >= 0.6 is 0 Å². The van der Waals surface area contributed by atoms with Crippen LogP contribution in [-0.4, -0.2) is 76.9 Å². The first-order chi connectivity index (χ1) is 9.72. The monoisotopic (exact) mass is 290 g/mol. The molecule has 0 bridgehead atoms. The van der Waals surface area contributed by atoms with Crippen LogP contribution < -0.4 is 5.73 Å². The molecule has 2 N–H and O–H groups in total. The normalized spacial score (nSPS) is 17.2. The summed E-state index contributed by atoms with van der Waals surface area (Å²) in [5, 5.41) is 0. The molecule has 1 aliphatic heterocycles. The van der Waals surface area contributed by atoms with Crippen LogP contribution in [0.2, 0.25) is 0 Å². The minimum atomic E-state index is -0.680. The van der Waals surface area contributed by atoms with Gasteiger partial charge in [-0.25, -0.2) is 4.79 Å². The number of rotatable bonds is 10. The van der Waals surface area contributed by atoms with Gasteiger partial charge in [-0.2, -0.15) is 0 Å². The number of carbonyl (C=O) groups excluding carboxylic acids is 1. The van der Waals surface area contributed by atoms with Crippen molar-refractivity contribution in [1.82, 2.24) is 4.90 Å². The maximum absolute atomic E-state index is 10.6. The Morgan fingerprint density at radius 2 is 1.70 bits per heavy atom. The third-order valence-corrected chi connectivity index (χ3v) is 3.17. The second-order valence-corrected chi connectivity index (χ2v) is 4.70. The summed E-state index contributed by atoms with van der Waals surface area (Å²) in [6, 6.07) is 0. The molecule has 1 heterocycles. The van der Waals surface area contributed by atoms with E-state index in [0.29, 0.717) is 33.0 Å². The summed E-state index contributed by atoms with van der Waals surface area (Å²) in [6.07, 6.45) is 0.964. The molecule has 0 atom stereocenters. The Kier molecular flexibility index (Phi) is 9.31. The molecule has 7 nitrogen and oxygen atoms in total. The van der Waals surface area contributed by atoms with E-state index in [1.165, 1.54) is 0 Å². The zero-order valence-corrected chi connectivity index (χ0v) is 12.2. The fraction of sp³-hybridized carbons (Fsp3) is 0.923. The standard InChI is InChI=1S/C13H26N2O5/c1-17-8-9-19-11-10-18-7-6-15-4-2-12(3-5-15)20-13(14)16/h12H,2-11H2,1H3,(H2,14,16). The van der Waals surface area contributed by atoms with Gasteiger partial charge in [-0.3, -0.25) is 0 Å². The SMILES string of the molecule is COCCOCCOCCN1CCC(OC(N)=O)CC1. The van der Waals surface area contributed by atoms with E-state index in [0.717, 1.165) is 32.5 Å². The highest BCUT2D eigenvalue weighted by Crippen LogP contribution is 2.13. The first-order valence-electron chi connectivity index (χ1n) is 7.05. The van der Waals surface area contributed by atoms with E-state index in [-0.39, 0.29) is 6.10 Å². The number of ether oxygens (including phenoxy) is 4. The van der Waals surface area contributed by atoms with E-state index in [4.69, 9.17) is 24.7 Å². The van der Waals surface area contributed by atoms with Crippen LogP contribution in [0.4, 0.5) is 4.79 Å². The van der Waals surface area contributed by atoms with E-state index in [9.17, 15) is 4.79 Å². The predicted octanol–water partition coefficient (Wildman–Crippen LogP) is 0.226. The molecule has 0 aromatic heterocycles. The van der Waals surface area contributed by atoms with Crippen LogP contribution in [0.3, 0.4) is 0 Å². The van der Waals surface area contributed by atoms with Crippen molar-refractivity contribution in [1.29, 1.82) is 0 Å². The van der Waals surface area contributed by atoms with Crippen molar-refractivity contribution in [3.05, 3.63) is 0 Å². The van der Waals surface area contributed by atoms with Crippen molar-refractivity contribution < 1.29 is 23.7 Å². The van der Waals surface area contributed by atoms with E-state index >= 15 is 0 Å². The summed E-state index contributed by atoms with van der Waals surface area (Å²) in [6.45, 7) is 5.81. The topological polar surface area (TPSA) is 83.2 Å². The fourth-order valence-electron chi connectivity index (χ4n) is 2.07. The maximum atomic E-state index is 10.6. The molecule has 1 amide bonds. The first kappa shape index (κ1) is 17.2. The molecule has 1 saturated heterocycles. The van der Waals surface area contributed by atoms with Crippen LogP contribution in [0.5, 0.6) is 0 Å². The molecule has 0 aliphatic carbocycles. The van der Waals surface area contributed by atoms with Gasteiger partial charge in [0.2, 0.25) is 0 Å². The molecule has 0 spiro atoms. The van der Waals surface area contributed by atoms with E-state index in [1.54, 1.807) is 7.11 Å². The van der Waals surface area contributed by atoms with Gasteiger partial charge < -0.3 is 29.6 Å². The Morgan fingerprint density at radius 3 is 2.30 bits per heavy atom. The molecule has 118 valence electrons. The van der Waals surface area contributed by atoms with Crippen LogP contribution in [0.25, 0.3) is 0 Å². The average Bonchev–Trinajstić information content (AvgIpc) is 2.43. The number of primary amides is 1. The number of amides is 1. The number of nitrogens with zero attached hydrogens (tertiary/aromatic N) is 1. The van der Waals surface area contributed by atoms with E-state index in [2.05, 4.69) is 4.90 Å². The van der Waals surface area contributed by atoms with Crippen LogP contribution in [0, 0.1) is 0 Å². The second kappa shape index (κ2) is 10.8. The third kappa shape index (κ3) is 8.31. The van der Waals surface area contributed by atoms with Crippen LogP contribution in [-0.2, 0) is 18.9 Å². The highest BCUT2D eigenvalue weighted by atomic mass is 16.6. The number of nitrogens with two attached hydrogens (primary N) is 1. The lowest BCUT2D eigenvalue weighted by molar-refractivity contribution is 0.0117. The average molecular weight is 290 g/mol. The lowest BCUT2D eigenvalue weighted by atomic mass is 10.1. The minimum Gasteiger partial charge on any atom is -0.446 e. The van der Waals surface area contributed by atoms with Gasteiger partial charge in [0.05, 0.1) is 33.0 Å². The summed E-state index contributed by atoms with van der Waals surface area (Å²) in [5.41, 5.74) is 5.00. The van der Waals surface area contributed by atoms with Crippen LogP contribution in [0.15, 0.2) is 0 Å². The Balaban J connectivity index is 1.90. The lowest BCUT2D eigenvalue weighted by Gasteiger charge is -2.31. The van der Waals surface area contributed by atoms with E-state index < -0.39 is 6.09 Å². The number of likely N-dealkylation sites (tertiary alicyclic amines) is 1. The molecular formula is C13H26N2O5. The number of methoxy groups -OCH3 is 1. The number of carbonyl (C=O) groups is 1. The van der Waals surface area contributed by atoms with Crippen molar-refractivity contribution in [2.45, 2.75) is 18.9 Å². The maximum Gasteiger partial charge on any atom is 0.404 e. The van der Waals surface area contributed by atoms with Gasteiger partial charge in [-0.15, -0.1) is 0 Å². The van der Waals surface area contributed by atoms with Gasteiger partial charge in [0, 0.05) is 26.7 Å². The Labute approximate surface area is 120 Å². The summed E-state index contributed by atoms with van der Waals surface area (Å²) < 4.78 is 20.6. The third-order valence-electron chi connectivity index (χ3n) is 3.17. The van der Waals surface area contributed by atoms with Gasteiger partial charge in [0.25, 0.3) is 0 Å². The summed E-state index contributed by atoms with van der Waals surface area (Å²) >= 11 is 0. The first-order valence-corrected chi connectivity index (χ1v) is 7.05. The van der Waals surface area contributed by atoms with Crippen molar-refractivity contribution in [3.63, 3.8) is 0 Å². The highest BCUT2D eigenvalue weighted by molar-refractivity contribution is 5.64. The number of hydrogen-bond donors (Lipinski definition) is 1. The Hall–Kier alpha value is -0.890. The predicted molar refractivity (Wildman–Crippen MR) is 73.6 cm³/mol. The molecule has 0 aromatic rings. The molecule has 0 saturated carbocycles. The Bertz CT molecular complexity index is 257. The van der Waals surface area contributed by atoms with Crippen molar-refractivity contribution in [2.75, 3.05) is 59.8 Å². The molecule has 7 heteroatoms. The quantitative estimate of drug-likeness (QED) is 0.580. The molecular weight excluding hydrogens is 264 g/mol. The molecule has 20 heavy (non-hydrogen) atoms. The number of hydrogen-bond acceptors (Lipinski definition) is 6. The van der Waals surface area contributed by atoms with Gasteiger partial charge in [-0.1, -0.05) is 0 Å². The Morgan fingerprint density at radius 1 is 1.10 bits per heavy atom. The molecule has 0 unspecified atom stereocenters. The van der Waals surface area contributed by atoms with Gasteiger partial charge in [0.15, 0.2) is 0 Å². The molecule has 0 radical (unpaired) electrons. The van der Waals surface area contributed by atoms with Crippen molar-refractivity contribution >= 4 is 6.09 Å². The fourth-order valence-corrected chi connectivity index (χ4v) is 2.07. The zero-order valence-electron chi connectivity index (χ0n) is 12.2.